The molecule has 0 aliphatic heterocycles. The van der Waals surface area contributed by atoms with Gasteiger partial charge in [0.05, 0.1) is 18.8 Å². The fourth-order valence-corrected chi connectivity index (χ4v) is 15.6. The van der Waals surface area contributed by atoms with Crippen molar-refractivity contribution in [2.45, 2.75) is 207 Å². The Morgan fingerprint density at radius 3 is 1.94 bits per heavy atom. The molecule has 7 heteroatoms. The highest BCUT2D eigenvalue weighted by Crippen LogP contribution is 2.64. The Labute approximate surface area is 331 Å². The van der Waals surface area contributed by atoms with Crippen LogP contribution in [0.4, 0.5) is 0 Å². The van der Waals surface area contributed by atoms with Gasteiger partial charge in [-0.15, -0.1) is 0 Å². The molecule has 4 rings (SSSR count). The standard InChI is InChI=1S/C46H82O4Si3/c1-18-46(19-2,50-53(20-3,21-4)22-5)29-23-31-47-34-36-25-27-39-38-26-24-35-32-37(48-51(14,15)42(6,7)8)33-41(49-52(16,17)43(9,10)11)45(35,13)40(38)28-30-44(36,39)12/h24-26,37,39-41H,18-22,27-28,30-34H2,1-17H3/t37-,39+,40+,41+,44-,45+/m1/s1. The van der Waals surface area contributed by atoms with Crippen molar-refractivity contribution in [3.8, 4) is 11.8 Å². The number of hydrogen-bond acceptors (Lipinski definition) is 4. The van der Waals surface area contributed by atoms with Gasteiger partial charge in [0, 0.05) is 5.41 Å². The van der Waals surface area contributed by atoms with E-state index in [1.807, 2.05) is 0 Å². The molecule has 0 amide bonds. The molecule has 0 aromatic heterocycles. The van der Waals surface area contributed by atoms with Crippen molar-refractivity contribution in [1.82, 2.24) is 0 Å². The quantitative estimate of drug-likeness (QED) is 0.0761. The number of rotatable bonds is 14. The molecule has 0 bridgehead atoms. The average molecular weight is 783 g/mol. The molecule has 0 spiro atoms. The third kappa shape index (κ3) is 8.75. The van der Waals surface area contributed by atoms with Crippen LogP contribution in [0.1, 0.15) is 135 Å². The van der Waals surface area contributed by atoms with Gasteiger partial charge in [-0.05, 0) is 122 Å². The lowest BCUT2D eigenvalue weighted by molar-refractivity contribution is -0.0391. The van der Waals surface area contributed by atoms with Gasteiger partial charge in [-0.2, -0.15) is 0 Å². The van der Waals surface area contributed by atoms with E-state index in [4.69, 9.17) is 18.0 Å². The van der Waals surface area contributed by atoms with Crippen LogP contribution in [0.25, 0.3) is 0 Å². The van der Waals surface area contributed by atoms with E-state index in [1.54, 1.807) is 11.1 Å². The summed E-state index contributed by atoms with van der Waals surface area (Å²) in [6.07, 6.45) is 15.3. The van der Waals surface area contributed by atoms with Gasteiger partial charge in [0.15, 0.2) is 25.0 Å². The van der Waals surface area contributed by atoms with E-state index in [0.717, 1.165) is 50.2 Å². The van der Waals surface area contributed by atoms with E-state index in [0.29, 0.717) is 25.0 Å². The molecule has 2 saturated carbocycles. The largest absolute Gasteiger partial charge is 0.414 e. The van der Waals surface area contributed by atoms with Crippen LogP contribution in [-0.2, 0) is 18.0 Å². The maximum absolute atomic E-state index is 7.57. The first-order chi connectivity index (χ1) is 24.4. The van der Waals surface area contributed by atoms with Gasteiger partial charge in [0.25, 0.3) is 0 Å². The summed E-state index contributed by atoms with van der Waals surface area (Å²) in [5.41, 5.74) is 4.47. The zero-order chi connectivity index (χ0) is 39.9. The van der Waals surface area contributed by atoms with E-state index in [1.165, 1.54) is 18.4 Å². The molecule has 4 aliphatic rings. The minimum absolute atomic E-state index is 0.00996. The molecule has 0 radical (unpaired) electrons. The summed E-state index contributed by atoms with van der Waals surface area (Å²) in [5.74, 6) is 8.05. The minimum atomic E-state index is -2.04. The Bertz CT molecular complexity index is 1430. The lowest BCUT2D eigenvalue weighted by Crippen LogP contribution is -2.58. The van der Waals surface area contributed by atoms with Crippen LogP contribution in [0.3, 0.4) is 0 Å². The molecular formula is C46H82O4Si3. The van der Waals surface area contributed by atoms with Gasteiger partial charge in [0.1, 0.15) is 12.2 Å². The summed E-state index contributed by atoms with van der Waals surface area (Å²) in [7, 11) is -5.74. The van der Waals surface area contributed by atoms with Crippen LogP contribution in [0.5, 0.6) is 0 Å². The van der Waals surface area contributed by atoms with E-state index >= 15 is 0 Å². The van der Waals surface area contributed by atoms with Crippen molar-refractivity contribution < 1.29 is 18.0 Å². The van der Waals surface area contributed by atoms with Crippen molar-refractivity contribution in [2.24, 2.45) is 22.7 Å². The van der Waals surface area contributed by atoms with Gasteiger partial charge < -0.3 is 18.0 Å². The summed E-state index contributed by atoms with van der Waals surface area (Å²) in [6, 6.07) is 3.45. The first-order valence-corrected chi connectivity index (χ1v) is 30.0. The first-order valence-electron chi connectivity index (χ1n) is 21.7. The normalized spacial score (nSPS) is 29.6. The highest BCUT2D eigenvalue weighted by Gasteiger charge is 2.59. The van der Waals surface area contributed by atoms with Gasteiger partial charge in [-0.25, -0.2) is 0 Å². The summed E-state index contributed by atoms with van der Waals surface area (Å²) in [5, 5.41) is 0.341. The zero-order valence-electron chi connectivity index (χ0n) is 37.7. The summed E-state index contributed by atoms with van der Waals surface area (Å²) in [6.45, 7) is 41.6. The van der Waals surface area contributed by atoms with Crippen molar-refractivity contribution in [1.29, 1.82) is 0 Å². The second-order valence-electron chi connectivity index (χ2n) is 20.8. The molecular weight excluding hydrogens is 701 g/mol. The lowest BCUT2D eigenvalue weighted by atomic mass is 9.50. The van der Waals surface area contributed by atoms with Gasteiger partial charge >= 0.3 is 0 Å². The summed E-state index contributed by atoms with van der Waals surface area (Å²) < 4.78 is 28.2. The van der Waals surface area contributed by atoms with Crippen molar-refractivity contribution in [3.63, 3.8) is 0 Å². The molecule has 302 valence electrons. The van der Waals surface area contributed by atoms with Crippen LogP contribution < -0.4 is 0 Å². The predicted molar refractivity (Wildman–Crippen MR) is 235 cm³/mol. The lowest BCUT2D eigenvalue weighted by Gasteiger charge is -2.59. The topological polar surface area (TPSA) is 36.9 Å². The fraction of sp³-hybridized carbons (Fsp3) is 0.826. The molecule has 0 unspecified atom stereocenters. The second kappa shape index (κ2) is 16.3. The molecule has 0 heterocycles. The average Bonchev–Trinajstić information content (AvgIpc) is 3.41. The van der Waals surface area contributed by atoms with Crippen LogP contribution >= 0.6 is 0 Å². The second-order valence-corrected chi connectivity index (χ2v) is 35.0. The Balaban J connectivity index is 1.55. The van der Waals surface area contributed by atoms with Gasteiger partial charge in [0.2, 0.25) is 0 Å². The highest BCUT2D eigenvalue weighted by atomic mass is 28.4. The molecule has 53 heavy (non-hydrogen) atoms. The van der Waals surface area contributed by atoms with E-state index in [-0.39, 0.29) is 38.7 Å². The smallest absolute Gasteiger partial charge is 0.194 e. The Morgan fingerprint density at radius 1 is 0.811 bits per heavy atom. The maximum atomic E-state index is 7.57. The van der Waals surface area contributed by atoms with Gasteiger partial charge in [-0.1, -0.05) is 131 Å². The molecule has 6 atom stereocenters. The monoisotopic (exact) mass is 783 g/mol. The van der Waals surface area contributed by atoms with E-state index in [9.17, 15) is 0 Å². The van der Waals surface area contributed by atoms with Crippen molar-refractivity contribution >= 4 is 25.0 Å². The molecule has 4 nitrogen and oxygen atoms in total. The Hall–Kier alpha value is -0.729. The molecule has 0 N–H and O–H groups in total. The minimum Gasteiger partial charge on any atom is -0.414 e. The van der Waals surface area contributed by atoms with Crippen molar-refractivity contribution in [3.05, 3.63) is 34.9 Å². The third-order valence-electron chi connectivity index (χ3n) is 16.1. The third-order valence-corrected chi connectivity index (χ3v) is 29.8. The molecule has 2 fully saturated rings. The Kier molecular flexibility index (Phi) is 13.8. The number of hydrogen-bond donors (Lipinski definition) is 0. The molecule has 0 saturated heterocycles. The molecule has 0 aromatic rings. The highest BCUT2D eigenvalue weighted by molar-refractivity contribution is 6.74. The maximum Gasteiger partial charge on any atom is 0.194 e. The summed E-state index contributed by atoms with van der Waals surface area (Å²) >= 11 is 0. The van der Waals surface area contributed by atoms with E-state index < -0.39 is 25.0 Å². The fourth-order valence-electron chi connectivity index (χ4n) is 9.68. The molecule has 0 aromatic carbocycles. The number of fused-ring (bicyclic) bond motifs is 5. The zero-order valence-corrected chi connectivity index (χ0v) is 40.7. The number of ether oxygens (including phenoxy) is 1. The van der Waals surface area contributed by atoms with Crippen molar-refractivity contribution in [2.75, 3.05) is 13.2 Å². The van der Waals surface area contributed by atoms with Gasteiger partial charge in [-0.3, -0.25) is 0 Å². The SMILES string of the molecule is CCC(C#CCOCC1=CC[C@H]2C3=CC=C4C[C@@H](O[Si](C)(C)C(C)(C)C)C[C@H](O[Si](C)(C)C(C)(C)C)[C@]4(C)[C@H]3CC[C@]12C)(CC)O[Si](CC)(CC)CC. The Morgan fingerprint density at radius 2 is 1.40 bits per heavy atom. The van der Waals surface area contributed by atoms with Crippen LogP contribution in [0, 0.1) is 34.5 Å². The predicted octanol–water partition coefficient (Wildman–Crippen LogP) is 13.4. The van der Waals surface area contributed by atoms with Crippen LogP contribution in [-0.4, -0.2) is 56.0 Å². The van der Waals surface area contributed by atoms with Crippen LogP contribution in [0.2, 0.25) is 54.4 Å². The molecule has 4 aliphatic carbocycles. The van der Waals surface area contributed by atoms with Crippen LogP contribution in [0.15, 0.2) is 34.9 Å². The first kappa shape index (κ1) is 45.0. The summed E-state index contributed by atoms with van der Waals surface area (Å²) in [4.78, 5) is 0. The van der Waals surface area contributed by atoms with E-state index in [2.05, 4.69) is 146 Å². The number of allylic oxidation sites excluding steroid dienone is 4.